The summed E-state index contributed by atoms with van der Waals surface area (Å²) in [5, 5.41) is 5.27. The average Bonchev–Trinajstić information content (AvgIpc) is 3.20. The summed E-state index contributed by atoms with van der Waals surface area (Å²) in [5.41, 5.74) is 6.84. The number of anilines is 1. The summed E-state index contributed by atoms with van der Waals surface area (Å²) in [5.74, 6) is 2.43. The molecule has 1 aliphatic heterocycles. The summed E-state index contributed by atoms with van der Waals surface area (Å²) in [7, 11) is 3.26. The van der Waals surface area contributed by atoms with Crippen LogP contribution in [0.4, 0.5) is 5.69 Å². The normalized spacial score (nSPS) is 15.7. The maximum Gasteiger partial charge on any atom is 0.193 e. The third kappa shape index (κ3) is 6.52. The van der Waals surface area contributed by atoms with Crippen LogP contribution in [0.1, 0.15) is 17.7 Å². The zero-order chi connectivity index (χ0) is 19.1. The lowest BCUT2D eigenvalue weighted by molar-refractivity contribution is 0.182. The number of nitrogens with one attached hydrogen (secondary N) is 1. The van der Waals surface area contributed by atoms with E-state index in [0.717, 1.165) is 50.5 Å². The van der Waals surface area contributed by atoms with Gasteiger partial charge in [0.1, 0.15) is 11.5 Å². The third-order valence-electron chi connectivity index (χ3n) is 4.86. The Labute approximate surface area is 188 Å². The van der Waals surface area contributed by atoms with Gasteiger partial charge in [-0.25, -0.2) is 0 Å². The van der Waals surface area contributed by atoms with Crippen molar-refractivity contribution in [2.75, 3.05) is 39.2 Å². The number of rotatable bonds is 7. The number of aliphatic imine (C=N–C) groups is 1. The van der Waals surface area contributed by atoms with Crippen LogP contribution >= 0.6 is 35.3 Å². The highest BCUT2D eigenvalue weighted by Gasteiger charge is 2.19. The molecule has 0 spiro atoms. The van der Waals surface area contributed by atoms with Gasteiger partial charge in [-0.2, -0.15) is 0 Å². The number of piperidine rings is 1. The lowest BCUT2D eigenvalue weighted by atomic mass is 9.97. The van der Waals surface area contributed by atoms with E-state index in [-0.39, 0.29) is 24.0 Å². The number of nitrogens with zero attached hydrogens (tertiary/aromatic N) is 2. The first-order valence-corrected chi connectivity index (χ1v) is 10.1. The summed E-state index contributed by atoms with van der Waals surface area (Å²) >= 11 is 1.83. The molecule has 1 saturated heterocycles. The van der Waals surface area contributed by atoms with Gasteiger partial charge in [0.2, 0.25) is 0 Å². The lowest BCUT2D eigenvalue weighted by Crippen LogP contribution is -2.34. The van der Waals surface area contributed by atoms with E-state index in [2.05, 4.69) is 32.7 Å². The molecule has 2 aromatic rings. The summed E-state index contributed by atoms with van der Waals surface area (Å²) in [6.45, 7) is 4.05. The van der Waals surface area contributed by atoms with Crippen molar-refractivity contribution >= 4 is 47.0 Å². The third-order valence-corrected chi connectivity index (χ3v) is 5.72. The summed E-state index contributed by atoms with van der Waals surface area (Å²) in [4.78, 5) is 8.51. The highest BCUT2D eigenvalue weighted by molar-refractivity contribution is 14.0. The highest BCUT2D eigenvalue weighted by Crippen LogP contribution is 2.28. The molecule has 0 saturated carbocycles. The molecule has 154 valence electrons. The SMILES string of the molecule is COc1ccc(OC)c(NC(N)=NCC2CCN(Cc3cccs3)CC2)c1.I. The number of hydrogen-bond acceptors (Lipinski definition) is 5. The second-order valence-corrected chi connectivity index (χ2v) is 7.75. The number of guanidine groups is 1. The Kier molecular flexibility index (Phi) is 9.33. The molecular weight excluding hydrogens is 487 g/mol. The lowest BCUT2D eigenvalue weighted by Gasteiger charge is -2.30. The van der Waals surface area contributed by atoms with Crippen LogP contribution < -0.4 is 20.5 Å². The van der Waals surface area contributed by atoms with Crippen LogP contribution in [0.25, 0.3) is 0 Å². The first-order valence-electron chi connectivity index (χ1n) is 9.21. The maximum absolute atomic E-state index is 6.09. The average molecular weight is 516 g/mol. The minimum Gasteiger partial charge on any atom is -0.497 e. The Morgan fingerprint density at radius 2 is 2.04 bits per heavy atom. The second-order valence-electron chi connectivity index (χ2n) is 6.72. The minimum atomic E-state index is 0. The molecule has 0 radical (unpaired) electrons. The largest absolute Gasteiger partial charge is 0.497 e. The number of hydrogen-bond donors (Lipinski definition) is 2. The summed E-state index contributed by atoms with van der Waals surface area (Å²) < 4.78 is 10.6. The Morgan fingerprint density at radius 3 is 2.68 bits per heavy atom. The van der Waals surface area contributed by atoms with E-state index in [1.165, 1.54) is 4.88 Å². The number of nitrogens with two attached hydrogens (primary N) is 1. The van der Waals surface area contributed by atoms with Gasteiger partial charge in [0.15, 0.2) is 5.96 Å². The van der Waals surface area contributed by atoms with Crippen LogP contribution in [0.3, 0.4) is 0 Å². The standard InChI is InChI=1S/C20H28N4O2S.HI/c1-25-16-5-6-19(26-2)18(12-16)23-20(21)22-13-15-7-9-24(10-8-15)14-17-4-3-11-27-17;/h3-6,11-12,15H,7-10,13-14H2,1-2H3,(H3,21,22,23);1H. The fourth-order valence-corrected chi connectivity index (χ4v) is 4.01. The molecule has 28 heavy (non-hydrogen) atoms. The number of benzene rings is 1. The molecule has 0 bridgehead atoms. The molecule has 0 unspecified atom stereocenters. The topological polar surface area (TPSA) is 72.1 Å². The van der Waals surface area contributed by atoms with E-state index in [4.69, 9.17) is 15.2 Å². The van der Waals surface area contributed by atoms with E-state index in [0.29, 0.717) is 17.6 Å². The zero-order valence-corrected chi connectivity index (χ0v) is 19.5. The van der Waals surface area contributed by atoms with Gasteiger partial charge in [-0.3, -0.25) is 9.89 Å². The summed E-state index contributed by atoms with van der Waals surface area (Å²) in [6, 6.07) is 9.87. The molecule has 1 aromatic heterocycles. The van der Waals surface area contributed by atoms with Crippen molar-refractivity contribution in [2.45, 2.75) is 19.4 Å². The summed E-state index contributed by atoms with van der Waals surface area (Å²) in [6.07, 6.45) is 2.31. The number of halogens is 1. The molecule has 3 rings (SSSR count). The van der Waals surface area contributed by atoms with Gasteiger partial charge >= 0.3 is 0 Å². The van der Waals surface area contributed by atoms with E-state index >= 15 is 0 Å². The van der Waals surface area contributed by atoms with Crippen LogP contribution in [0.2, 0.25) is 0 Å². The minimum absolute atomic E-state index is 0. The predicted octanol–water partition coefficient (Wildman–Crippen LogP) is 4.02. The zero-order valence-electron chi connectivity index (χ0n) is 16.4. The van der Waals surface area contributed by atoms with Crippen molar-refractivity contribution in [3.8, 4) is 11.5 Å². The first-order chi connectivity index (χ1) is 13.2. The van der Waals surface area contributed by atoms with Crippen molar-refractivity contribution in [3.63, 3.8) is 0 Å². The van der Waals surface area contributed by atoms with E-state index in [1.807, 2.05) is 29.5 Å². The Morgan fingerprint density at radius 1 is 1.25 bits per heavy atom. The second kappa shape index (κ2) is 11.5. The molecule has 6 nitrogen and oxygen atoms in total. The van der Waals surface area contributed by atoms with Crippen molar-refractivity contribution in [1.29, 1.82) is 0 Å². The van der Waals surface area contributed by atoms with Crippen molar-refractivity contribution < 1.29 is 9.47 Å². The molecule has 8 heteroatoms. The number of ether oxygens (including phenoxy) is 2. The maximum atomic E-state index is 6.09. The Hall–Kier alpha value is -1.52. The van der Waals surface area contributed by atoms with Crippen LogP contribution in [-0.4, -0.2) is 44.7 Å². The quantitative estimate of drug-likeness (QED) is 0.331. The van der Waals surface area contributed by atoms with Gasteiger partial charge in [0, 0.05) is 24.0 Å². The van der Waals surface area contributed by atoms with Crippen molar-refractivity contribution in [3.05, 3.63) is 40.6 Å². The van der Waals surface area contributed by atoms with Crippen molar-refractivity contribution in [1.82, 2.24) is 4.90 Å². The molecule has 3 N–H and O–H groups in total. The van der Waals surface area contributed by atoms with Gasteiger partial charge in [0.25, 0.3) is 0 Å². The smallest absolute Gasteiger partial charge is 0.193 e. The Bertz CT molecular complexity index is 747. The van der Waals surface area contributed by atoms with Gasteiger partial charge in [-0.1, -0.05) is 6.07 Å². The molecule has 1 aliphatic rings. The monoisotopic (exact) mass is 516 g/mol. The van der Waals surface area contributed by atoms with Gasteiger partial charge in [-0.15, -0.1) is 35.3 Å². The highest BCUT2D eigenvalue weighted by atomic mass is 127. The van der Waals surface area contributed by atoms with Crippen LogP contribution in [0.5, 0.6) is 11.5 Å². The van der Waals surface area contributed by atoms with E-state index in [1.54, 1.807) is 14.2 Å². The van der Waals surface area contributed by atoms with Gasteiger partial charge < -0.3 is 20.5 Å². The van der Waals surface area contributed by atoms with Gasteiger partial charge in [0.05, 0.1) is 19.9 Å². The molecule has 0 amide bonds. The molecule has 1 aromatic carbocycles. The number of methoxy groups -OCH3 is 2. The van der Waals surface area contributed by atoms with E-state index < -0.39 is 0 Å². The van der Waals surface area contributed by atoms with Crippen molar-refractivity contribution in [2.24, 2.45) is 16.6 Å². The Balaban J connectivity index is 0.00000280. The first kappa shape index (κ1) is 22.8. The van der Waals surface area contributed by atoms with E-state index in [9.17, 15) is 0 Å². The fraction of sp³-hybridized carbons (Fsp3) is 0.450. The molecule has 1 fully saturated rings. The van der Waals surface area contributed by atoms with Crippen LogP contribution in [0, 0.1) is 5.92 Å². The molecule has 0 atom stereocenters. The van der Waals surface area contributed by atoms with Crippen LogP contribution in [0.15, 0.2) is 40.7 Å². The van der Waals surface area contributed by atoms with Gasteiger partial charge in [-0.05, 0) is 55.4 Å². The fourth-order valence-electron chi connectivity index (χ4n) is 3.27. The number of thiophene rings is 1. The predicted molar refractivity (Wildman–Crippen MR) is 127 cm³/mol. The molecular formula is C20H29IN4O2S. The van der Waals surface area contributed by atoms with Crippen LogP contribution in [-0.2, 0) is 6.54 Å². The number of likely N-dealkylation sites (tertiary alicyclic amines) is 1. The molecule has 0 aliphatic carbocycles. The molecule has 2 heterocycles.